The summed E-state index contributed by atoms with van der Waals surface area (Å²) in [6, 6.07) is 0. The predicted molar refractivity (Wildman–Crippen MR) is 39.6 cm³/mol. The summed E-state index contributed by atoms with van der Waals surface area (Å²) in [7, 11) is -3.29. The van der Waals surface area contributed by atoms with Gasteiger partial charge in [0.1, 0.15) is 0 Å². The molecule has 60 valence electrons. The van der Waals surface area contributed by atoms with Crippen LogP contribution in [0, 0.1) is 0 Å². The van der Waals surface area contributed by atoms with E-state index in [1.807, 2.05) is 0 Å². The number of hydrogen-bond donors (Lipinski definition) is 2. The molecule has 0 fully saturated rings. The zero-order valence-electron chi connectivity index (χ0n) is 5.15. The minimum absolute atomic E-state index is 0.125. The Kier molecular flexibility index (Phi) is 3.73. The third-order valence-corrected chi connectivity index (χ3v) is 2.15. The number of hydrogen-bond acceptors (Lipinski definition) is 3. The van der Waals surface area contributed by atoms with E-state index in [0.29, 0.717) is 0 Å². The molecule has 0 rings (SSSR count). The van der Waals surface area contributed by atoms with Crippen molar-refractivity contribution in [2.75, 3.05) is 5.75 Å². The van der Waals surface area contributed by atoms with Gasteiger partial charge in [0.25, 0.3) is 0 Å². The number of carboxylic acid groups (broad SMARTS) is 1. The standard InChI is InChI=1S/C4H8O4S2/c5-4(6)2-1-3-10(7,8)9/h1-3H2,(H,5,6)(H,7,8,9). The molecular formula is C4H8O4S2. The Hall–Kier alpha value is -0.230. The summed E-state index contributed by atoms with van der Waals surface area (Å²) in [4.78, 5) is 9.87. The quantitative estimate of drug-likeness (QED) is 0.480. The van der Waals surface area contributed by atoms with Crippen LogP contribution in [-0.4, -0.2) is 25.2 Å². The molecule has 10 heavy (non-hydrogen) atoms. The third kappa shape index (κ3) is 7.77. The lowest BCUT2D eigenvalue weighted by Gasteiger charge is -1.92. The van der Waals surface area contributed by atoms with Crippen molar-refractivity contribution in [2.45, 2.75) is 12.8 Å². The Morgan fingerprint density at radius 3 is 2.30 bits per heavy atom. The van der Waals surface area contributed by atoms with Crippen LogP contribution in [0.2, 0.25) is 0 Å². The highest BCUT2D eigenvalue weighted by Gasteiger charge is 2.04. The van der Waals surface area contributed by atoms with Crippen LogP contribution >= 0.6 is 11.7 Å². The van der Waals surface area contributed by atoms with Crippen molar-refractivity contribution in [3.63, 3.8) is 0 Å². The Morgan fingerprint density at radius 1 is 1.50 bits per heavy atom. The minimum atomic E-state index is -3.29. The van der Waals surface area contributed by atoms with Gasteiger partial charge < -0.3 is 5.11 Å². The molecule has 0 aromatic rings. The molecule has 0 bridgehead atoms. The topological polar surface area (TPSA) is 71.4 Å². The van der Waals surface area contributed by atoms with Gasteiger partial charge in [-0.25, -0.2) is 8.42 Å². The molecule has 0 saturated heterocycles. The van der Waals surface area contributed by atoms with Gasteiger partial charge in [-0.15, -0.1) is 0 Å². The second-order valence-corrected chi connectivity index (χ2v) is 5.02. The van der Waals surface area contributed by atoms with Crippen LogP contribution in [0.5, 0.6) is 0 Å². The lowest BCUT2D eigenvalue weighted by atomic mass is 10.3. The Labute approximate surface area is 64.0 Å². The fraction of sp³-hybridized carbons (Fsp3) is 0.750. The summed E-state index contributed by atoms with van der Waals surface area (Å²) in [5.74, 6) is -1.17. The summed E-state index contributed by atoms with van der Waals surface area (Å²) in [6.07, 6.45) is 0.000949. The first-order valence-corrected chi connectivity index (χ1v) is 5.29. The predicted octanol–water partition coefficient (Wildman–Crippen LogP) is 0.111. The number of carbonyl (C=O) groups is 1. The monoisotopic (exact) mass is 184 g/mol. The van der Waals surface area contributed by atoms with Crippen molar-refractivity contribution in [3.05, 3.63) is 0 Å². The molecule has 0 aliphatic carbocycles. The van der Waals surface area contributed by atoms with Crippen LogP contribution in [0.1, 0.15) is 12.8 Å². The van der Waals surface area contributed by atoms with E-state index in [2.05, 4.69) is 11.7 Å². The molecule has 0 atom stereocenters. The van der Waals surface area contributed by atoms with Crippen LogP contribution in [0.3, 0.4) is 0 Å². The van der Waals surface area contributed by atoms with Gasteiger partial charge in [-0.1, -0.05) is 0 Å². The molecule has 0 aliphatic rings. The highest BCUT2D eigenvalue weighted by atomic mass is 33.1. The number of aliphatic carboxylic acids is 1. The van der Waals surface area contributed by atoms with Gasteiger partial charge in [0.15, 0.2) is 8.87 Å². The number of thiol groups is 1. The molecule has 0 aromatic carbocycles. The third-order valence-electron chi connectivity index (χ3n) is 0.793. The summed E-state index contributed by atoms with van der Waals surface area (Å²) in [5.41, 5.74) is 0. The minimum Gasteiger partial charge on any atom is -0.481 e. The SMILES string of the molecule is O=C(O)CCCS(=O)(=O)S. The molecule has 0 amide bonds. The van der Waals surface area contributed by atoms with Crippen LogP contribution in [0.4, 0.5) is 0 Å². The Balaban J connectivity index is 3.49. The molecule has 0 heterocycles. The maximum absolute atomic E-state index is 10.3. The van der Waals surface area contributed by atoms with E-state index in [0.717, 1.165) is 0 Å². The van der Waals surface area contributed by atoms with Crippen LogP contribution < -0.4 is 0 Å². The maximum Gasteiger partial charge on any atom is 0.303 e. The molecule has 6 heteroatoms. The van der Waals surface area contributed by atoms with Gasteiger partial charge in [-0.2, -0.15) is 0 Å². The number of carboxylic acids is 1. The van der Waals surface area contributed by atoms with Crippen LogP contribution in [0.15, 0.2) is 0 Å². The summed E-state index contributed by atoms with van der Waals surface area (Å²) in [5, 5.41) is 8.09. The van der Waals surface area contributed by atoms with Gasteiger partial charge in [-0.3, -0.25) is 4.79 Å². The number of rotatable bonds is 4. The molecule has 1 N–H and O–H groups in total. The lowest BCUT2D eigenvalue weighted by Crippen LogP contribution is -2.01. The van der Waals surface area contributed by atoms with E-state index >= 15 is 0 Å². The summed E-state index contributed by atoms with van der Waals surface area (Å²) >= 11 is 3.24. The van der Waals surface area contributed by atoms with Crippen molar-refractivity contribution in [3.8, 4) is 0 Å². The van der Waals surface area contributed by atoms with Crippen LogP contribution in [-0.2, 0) is 13.7 Å². The first-order chi connectivity index (χ1) is 4.42. The van der Waals surface area contributed by atoms with Gasteiger partial charge >= 0.3 is 5.97 Å². The Morgan fingerprint density at radius 2 is 2.00 bits per heavy atom. The molecule has 4 nitrogen and oxygen atoms in total. The molecule has 0 radical (unpaired) electrons. The largest absolute Gasteiger partial charge is 0.481 e. The van der Waals surface area contributed by atoms with E-state index in [1.54, 1.807) is 0 Å². The van der Waals surface area contributed by atoms with Crippen molar-refractivity contribution < 1.29 is 18.3 Å². The van der Waals surface area contributed by atoms with E-state index in [4.69, 9.17) is 5.11 Å². The van der Waals surface area contributed by atoms with Gasteiger partial charge in [-0.05, 0) is 18.1 Å². The van der Waals surface area contributed by atoms with E-state index in [9.17, 15) is 13.2 Å². The molecule has 0 saturated carbocycles. The second-order valence-electron chi connectivity index (χ2n) is 1.78. The Bertz CT molecular complexity index is 205. The van der Waals surface area contributed by atoms with Gasteiger partial charge in [0.05, 0.1) is 5.75 Å². The van der Waals surface area contributed by atoms with E-state index in [1.165, 1.54) is 0 Å². The molecule has 0 unspecified atom stereocenters. The normalized spacial score (nSPS) is 11.3. The van der Waals surface area contributed by atoms with E-state index in [-0.39, 0.29) is 18.6 Å². The first kappa shape index (κ1) is 9.77. The fourth-order valence-corrected chi connectivity index (χ4v) is 1.30. The average molecular weight is 184 g/mol. The van der Waals surface area contributed by atoms with Gasteiger partial charge in [0.2, 0.25) is 0 Å². The summed E-state index contributed by atoms with van der Waals surface area (Å²) < 4.78 is 20.6. The van der Waals surface area contributed by atoms with Crippen molar-refractivity contribution in [1.29, 1.82) is 0 Å². The van der Waals surface area contributed by atoms with Crippen molar-refractivity contribution in [2.24, 2.45) is 0 Å². The summed E-state index contributed by atoms with van der Waals surface area (Å²) in [6.45, 7) is 0. The fourth-order valence-electron chi connectivity index (χ4n) is 0.406. The van der Waals surface area contributed by atoms with Gasteiger partial charge in [0, 0.05) is 6.42 Å². The molecular weight excluding hydrogens is 176 g/mol. The van der Waals surface area contributed by atoms with Crippen molar-refractivity contribution in [1.82, 2.24) is 0 Å². The van der Waals surface area contributed by atoms with Crippen molar-refractivity contribution >= 4 is 26.5 Å². The lowest BCUT2D eigenvalue weighted by molar-refractivity contribution is -0.137. The highest BCUT2D eigenvalue weighted by molar-refractivity contribution is 8.63. The maximum atomic E-state index is 10.3. The smallest absolute Gasteiger partial charge is 0.303 e. The average Bonchev–Trinajstić information content (AvgIpc) is 1.59. The zero-order valence-corrected chi connectivity index (χ0v) is 6.86. The first-order valence-electron chi connectivity index (χ1n) is 2.59. The zero-order chi connectivity index (χ0) is 8.20. The van der Waals surface area contributed by atoms with E-state index < -0.39 is 14.8 Å². The highest BCUT2D eigenvalue weighted by Crippen LogP contribution is 2.00. The molecule has 0 aromatic heterocycles. The van der Waals surface area contributed by atoms with Crippen LogP contribution in [0.25, 0.3) is 0 Å². The second kappa shape index (κ2) is 3.82. The molecule has 0 spiro atoms. The molecule has 0 aliphatic heterocycles.